The molecule has 1 rings (SSSR count). The van der Waals surface area contributed by atoms with Crippen molar-refractivity contribution in [2.75, 3.05) is 13.7 Å². The molecule has 18 heavy (non-hydrogen) atoms. The molecule has 0 fully saturated rings. The first-order valence-electron chi connectivity index (χ1n) is 6.23. The number of thiocarbonyl (C=S) groups is 1. The maximum atomic E-state index is 5.62. The van der Waals surface area contributed by atoms with Crippen molar-refractivity contribution in [3.63, 3.8) is 0 Å². The topological polar surface area (TPSA) is 44.5 Å². The molecule has 0 atom stereocenters. The molecule has 3 nitrogen and oxygen atoms in total. The van der Waals surface area contributed by atoms with Gasteiger partial charge in [-0.25, -0.2) is 0 Å². The predicted molar refractivity (Wildman–Crippen MR) is 78.1 cm³/mol. The van der Waals surface area contributed by atoms with Gasteiger partial charge in [0.05, 0.1) is 19.3 Å². The van der Waals surface area contributed by atoms with Gasteiger partial charge in [-0.1, -0.05) is 38.0 Å². The molecule has 4 heteroatoms. The first kappa shape index (κ1) is 14.9. The van der Waals surface area contributed by atoms with Gasteiger partial charge in [-0.15, -0.1) is 0 Å². The summed E-state index contributed by atoms with van der Waals surface area (Å²) in [5.41, 5.74) is 7.45. The van der Waals surface area contributed by atoms with Gasteiger partial charge in [-0.3, -0.25) is 0 Å². The fourth-order valence-corrected chi connectivity index (χ4v) is 1.84. The smallest absolute Gasteiger partial charge is 0.129 e. The number of nitrogens with two attached hydrogens (primary N) is 1. The summed E-state index contributed by atoms with van der Waals surface area (Å²) in [7, 11) is 1.61. The second-order valence-electron chi connectivity index (χ2n) is 4.16. The van der Waals surface area contributed by atoms with E-state index in [1.807, 2.05) is 18.2 Å². The summed E-state index contributed by atoms with van der Waals surface area (Å²) < 4.78 is 10.9. The van der Waals surface area contributed by atoms with Crippen LogP contribution in [0, 0.1) is 0 Å². The second-order valence-corrected chi connectivity index (χ2v) is 4.60. The van der Waals surface area contributed by atoms with Crippen LogP contribution in [0.4, 0.5) is 0 Å². The zero-order valence-electron chi connectivity index (χ0n) is 11.1. The summed E-state index contributed by atoms with van der Waals surface area (Å²) in [5.74, 6) is 0.706. The third-order valence-corrected chi connectivity index (χ3v) is 2.91. The zero-order chi connectivity index (χ0) is 13.4. The molecule has 0 aliphatic rings. The van der Waals surface area contributed by atoms with E-state index < -0.39 is 0 Å². The van der Waals surface area contributed by atoms with Crippen molar-refractivity contribution >= 4 is 17.2 Å². The van der Waals surface area contributed by atoms with Gasteiger partial charge < -0.3 is 15.2 Å². The van der Waals surface area contributed by atoms with Crippen molar-refractivity contribution in [3.05, 3.63) is 29.3 Å². The number of rotatable bonds is 8. The van der Waals surface area contributed by atoms with E-state index in [-0.39, 0.29) is 0 Å². The Hall–Kier alpha value is -1.13. The number of benzene rings is 1. The van der Waals surface area contributed by atoms with Crippen LogP contribution in [-0.4, -0.2) is 18.7 Å². The Balaban J connectivity index is 2.54. The molecule has 0 radical (unpaired) electrons. The molecule has 0 aromatic heterocycles. The summed E-state index contributed by atoms with van der Waals surface area (Å²) >= 11 is 4.96. The lowest BCUT2D eigenvalue weighted by molar-refractivity contribution is 0.117. The molecule has 0 aliphatic heterocycles. The minimum atomic E-state index is 0.349. The lowest BCUT2D eigenvalue weighted by Gasteiger charge is -2.10. The Morgan fingerprint density at radius 2 is 2.11 bits per heavy atom. The van der Waals surface area contributed by atoms with Gasteiger partial charge >= 0.3 is 0 Å². The Bertz CT molecular complexity index is 393. The third-order valence-electron chi connectivity index (χ3n) is 2.69. The zero-order valence-corrected chi connectivity index (χ0v) is 11.9. The molecule has 1 aromatic carbocycles. The van der Waals surface area contributed by atoms with E-state index in [1.165, 1.54) is 12.8 Å². The highest BCUT2D eigenvalue weighted by Crippen LogP contribution is 2.20. The number of ether oxygens (including phenoxy) is 2. The van der Waals surface area contributed by atoms with Crippen LogP contribution in [0.25, 0.3) is 0 Å². The molecule has 0 saturated carbocycles. The van der Waals surface area contributed by atoms with Crippen molar-refractivity contribution in [2.24, 2.45) is 5.73 Å². The molecule has 2 N–H and O–H groups in total. The highest BCUT2D eigenvalue weighted by atomic mass is 32.1. The van der Waals surface area contributed by atoms with Gasteiger partial charge in [-0.05, 0) is 24.1 Å². The predicted octanol–water partition coefficient (Wildman–Crippen LogP) is 3.04. The average molecular weight is 267 g/mol. The summed E-state index contributed by atoms with van der Waals surface area (Å²) in [6, 6.07) is 5.77. The van der Waals surface area contributed by atoms with Crippen molar-refractivity contribution in [1.82, 2.24) is 0 Å². The van der Waals surface area contributed by atoms with Crippen LogP contribution in [0.2, 0.25) is 0 Å². The number of unbranched alkanes of at least 4 members (excludes halogenated alkanes) is 2. The van der Waals surface area contributed by atoms with E-state index in [9.17, 15) is 0 Å². The molecule has 0 heterocycles. The summed E-state index contributed by atoms with van der Waals surface area (Å²) in [6.45, 7) is 3.57. The van der Waals surface area contributed by atoms with E-state index in [2.05, 4.69) is 6.92 Å². The average Bonchev–Trinajstić information content (AvgIpc) is 2.38. The number of hydrogen-bond acceptors (Lipinski definition) is 3. The quantitative estimate of drug-likeness (QED) is 0.581. The van der Waals surface area contributed by atoms with Crippen LogP contribution in [0.3, 0.4) is 0 Å². The van der Waals surface area contributed by atoms with E-state index >= 15 is 0 Å². The third kappa shape index (κ3) is 4.63. The molecular formula is C14H21NO2S. The molecule has 100 valence electrons. The number of methoxy groups -OCH3 is 1. The maximum absolute atomic E-state index is 5.62. The van der Waals surface area contributed by atoms with Gasteiger partial charge in [0.2, 0.25) is 0 Å². The summed E-state index contributed by atoms with van der Waals surface area (Å²) in [5, 5.41) is 0. The molecule has 1 aromatic rings. The van der Waals surface area contributed by atoms with Crippen molar-refractivity contribution < 1.29 is 9.47 Å². The molecule has 0 bridgehead atoms. The highest BCUT2D eigenvalue weighted by molar-refractivity contribution is 7.80. The van der Waals surface area contributed by atoms with Gasteiger partial charge in [0.15, 0.2) is 0 Å². The lowest BCUT2D eigenvalue weighted by Crippen LogP contribution is -2.11. The number of hydrogen-bond donors (Lipinski definition) is 1. The first-order valence-corrected chi connectivity index (χ1v) is 6.64. The van der Waals surface area contributed by atoms with Crippen LogP contribution in [0.5, 0.6) is 5.75 Å². The SMILES string of the molecule is CCCCCOCc1ccc(C(N)=S)c(OC)c1. The minimum Gasteiger partial charge on any atom is -0.496 e. The van der Waals surface area contributed by atoms with E-state index in [0.717, 1.165) is 24.2 Å². The molecule has 0 spiro atoms. The Kier molecular flexibility index (Phi) is 6.68. The van der Waals surface area contributed by atoms with Gasteiger partial charge in [0.1, 0.15) is 10.7 Å². The fraction of sp³-hybridized carbons (Fsp3) is 0.500. The van der Waals surface area contributed by atoms with Gasteiger partial charge in [0, 0.05) is 6.61 Å². The molecule has 0 amide bonds. The van der Waals surface area contributed by atoms with E-state index in [4.69, 9.17) is 27.4 Å². The lowest BCUT2D eigenvalue weighted by atomic mass is 10.1. The van der Waals surface area contributed by atoms with E-state index in [1.54, 1.807) is 7.11 Å². The van der Waals surface area contributed by atoms with Crippen molar-refractivity contribution in [3.8, 4) is 5.75 Å². The second kappa shape index (κ2) is 8.06. The fourth-order valence-electron chi connectivity index (χ4n) is 1.67. The normalized spacial score (nSPS) is 10.3. The van der Waals surface area contributed by atoms with Crippen molar-refractivity contribution in [1.29, 1.82) is 0 Å². The van der Waals surface area contributed by atoms with E-state index in [0.29, 0.717) is 17.3 Å². The molecule has 0 aliphatic carbocycles. The molecule has 0 unspecified atom stereocenters. The largest absolute Gasteiger partial charge is 0.496 e. The van der Waals surface area contributed by atoms with Crippen LogP contribution >= 0.6 is 12.2 Å². The van der Waals surface area contributed by atoms with Gasteiger partial charge in [0.25, 0.3) is 0 Å². The minimum absolute atomic E-state index is 0.349. The Morgan fingerprint density at radius 1 is 1.33 bits per heavy atom. The van der Waals surface area contributed by atoms with Crippen molar-refractivity contribution in [2.45, 2.75) is 32.8 Å². The molecule has 0 saturated heterocycles. The Labute approximate surface area is 114 Å². The Morgan fingerprint density at radius 3 is 2.72 bits per heavy atom. The highest BCUT2D eigenvalue weighted by Gasteiger charge is 2.06. The van der Waals surface area contributed by atoms with Crippen LogP contribution in [-0.2, 0) is 11.3 Å². The van der Waals surface area contributed by atoms with Crippen LogP contribution in [0.1, 0.15) is 37.3 Å². The van der Waals surface area contributed by atoms with Crippen LogP contribution < -0.4 is 10.5 Å². The molecular weight excluding hydrogens is 246 g/mol. The van der Waals surface area contributed by atoms with Crippen LogP contribution in [0.15, 0.2) is 18.2 Å². The standard InChI is InChI=1S/C14H21NO2S/c1-3-4-5-8-17-10-11-6-7-12(14(15)18)13(9-11)16-2/h6-7,9H,3-5,8,10H2,1-2H3,(H2,15,18). The summed E-state index contributed by atoms with van der Waals surface area (Å²) in [4.78, 5) is 0.349. The summed E-state index contributed by atoms with van der Waals surface area (Å²) in [6.07, 6.45) is 3.53. The first-order chi connectivity index (χ1) is 8.69. The monoisotopic (exact) mass is 267 g/mol. The maximum Gasteiger partial charge on any atom is 0.129 e. The van der Waals surface area contributed by atoms with Gasteiger partial charge in [-0.2, -0.15) is 0 Å².